The highest BCUT2D eigenvalue weighted by Gasteiger charge is 2.51. The molecule has 0 unspecified atom stereocenters. The molecule has 2 atom stereocenters. The van der Waals surface area contributed by atoms with E-state index in [1.54, 1.807) is 0 Å². The third-order valence-corrected chi connectivity index (χ3v) is 6.84. The monoisotopic (exact) mass is 557 g/mol. The van der Waals surface area contributed by atoms with Gasteiger partial charge in [0.15, 0.2) is 16.6 Å². The largest absolute Gasteiger partial charge is 0.503 e. The van der Waals surface area contributed by atoms with Crippen LogP contribution in [0.2, 0.25) is 0 Å². The predicted octanol–water partition coefficient (Wildman–Crippen LogP) is -1.55. The Morgan fingerprint density at radius 2 is 2.05 bits per heavy atom. The van der Waals surface area contributed by atoms with Crippen molar-refractivity contribution in [2.75, 3.05) is 5.73 Å². The quantitative estimate of drug-likeness (QED) is 0.0891. The van der Waals surface area contributed by atoms with Gasteiger partial charge in [0.1, 0.15) is 11.7 Å². The van der Waals surface area contributed by atoms with Crippen molar-refractivity contribution in [3.05, 3.63) is 39.3 Å². The number of nitrogens with zero attached hydrogens (tertiary/aromatic N) is 3. The number of hydrogen-bond donors (Lipinski definition) is 6. The summed E-state index contributed by atoms with van der Waals surface area (Å²) >= 11 is 0.978. The zero-order chi connectivity index (χ0) is 27.7. The summed E-state index contributed by atoms with van der Waals surface area (Å²) in [7, 11) is -4.80. The lowest BCUT2D eigenvalue weighted by molar-refractivity contribution is -0.144. The number of β-lactam (4-membered cyclic amide) rings is 1. The van der Waals surface area contributed by atoms with Gasteiger partial charge in [-0.2, -0.15) is 8.42 Å². The summed E-state index contributed by atoms with van der Waals surface area (Å²) in [5.74, 6) is -3.21. The van der Waals surface area contributed by atoms with Gasteiger partial charge in [-0.25, -0.2) is 9.29 Å². The molecule has 1 aliphatic heterocycles. The summed E-state index contributed by atoms with van der Waals surface area (Å²) in [6.07, 6.45) is 1.07. The molecule has 1 saturated heterocycles. The van der Waals surface area contributed by atoms with E-state index in [1.165, 1.54) is 26.2 Å². The molecule has 7 N–H and O–H groups in total. The normalized spacial score (nSPS) is 18.2. The molecule has 200 valence electrons. The summed E-state index contributed by atoms with van der Waals surface area (Å²) in [5.41, 5.74) is 3.15. The molecule has 1 aliphatic rings. The molecule has 3 heterocycles. The van der Waals surface area contributed by atoms with E-state index in [-0.39, 0.29) is 21.7 Å². The lowest BCUT2D eigenvalue weighted by atomic mass is 10.0. The first-order chi connectivity index (χ1) is 17.1. The fourth-order valence-corrected chi connectivity index (χ4v) is 4.54. The van der Waals surface area contributed by atoms with E-state index in [0.717, 1.165) is 23.6 Å². The van der Waals surface area contributed by atoms with Crippen LogP contribution in [-0.2, 0) is 36.1 Å². The number of nitrogen functional groups attached to an aromatic ring is 1. The molecule has 3 rings (SSSR count). The van der Waals surface area contributed by atoms with Crippen LogP contribution >= 0.6 is 11.3 Å². The Balaban J connectivity index is 1.74. The molecule has 0 saturated carbocycles. The maximum absolute atomic E-state index is 12.9. The van der Waals surface area contributed by atoms with E-state index in [9.17, 15) is 32.7 Å². The first-order valence-electron chi connectivity index (χ1n) is 10.4. The predicted molar refractivity (Wildman–Crippen MR) is 129 cm³/mol. The van der Waals surface area contributed by atoms with Gasteiger partial charge in [0.05, 0.1) is 12.6 Å². The van der Waals surface area contributed by atoms with Gasteiger partial charge in [0.25, 0.3) is 17.7 Å². The van der Waals surface area contributed by atoms with E-state index in [0.29, 0.717) is 5.69 Å². The van der Waals surface area contributed by atoms with Gasteiger partial charge < -0.3 is 31.3 Å². The first kappa shape index (κ1) is 27.6. The van der Waals surface area contributed by atoms with Crippen molar-refractivity contribution in [3.63, 3.8) is 0 Å². The Kier molecular flexibility index (Phi) is 7.56. The molecular weight excluding hydrogens is 534 g/mol. The Labute approximate surface area is 213 Å². The summed E-state index contributed by atoms with van der Waals surface area (Å²) in [4.78, 5) is 61.1. The molecule has 0 spiro atoms. The average Bonchev–Trinajstić information content (AvgIpc) is 3.23. The second-order valence-electron chi connectivity index (χ2n) is 8.31. The number of aromatic hydroxyl groups is 1. The van der Waals surface area contributed by atoms with Crippen molar-refractivity contribution >= 4 is 50.2 Å². The lowest BCUT2D eigenvalue weighted by Gasteiger charge is -2.42. The number of nitrogens with one attached hydrogen (secondary N) is 3. The van der Waals surface area contributed by atoms with Crippen molar-refractivity contribution < 1.29 is 37.3 Å². The summed E-state index contributed by atoms with van der Waals surface area (Å²) in [6, 6.07) is -1.27. The maximum atomic E-state index is 12.9. The van der Waals surface area contributed by atoms with E-state index < -0.39 is 62.6 Å². The highest BCUT2D eigenvalue weighted by atomic mass is 32.2. The van der Waals surface area contributed by atoms with Gasteiger partial charge in [-0.1, -0.05) is 5.16 Å². The molecule has 0 bridgehead atoms. The van der Waals surface area contributed by atoms with E-state index in [1.807, 2.05) is 0 Å². The van der Waals surface area contributed by atoms with Crippen LogP contribution in [0, 0.1) is 0 Å². The smallest absolute Gasteiger partial charge is 0.362 e. The van der Waals surface area contributed by atoms with Gasteiger partial charge in [-0.3, -0.25) is 23.7 Å². The molecule has 2 aromatic heterocycles. The number of carbonyl (C=O) groups excluding carboxylic acids is 3. The molecule has 0 aromatic carbocycles. The van der Waals surface area contributed by atoms with Crippen LogP contribution in [0.5, 0.6) is 5.75 Å². The lowest BCUT2D eigenvalue weighted by Crippen LogP contribution is -2.71. The minimum Gasteiger partial charge on any atom is -0.503 e. The molecule has 0 radical (unpaired) electrons. The highest BCUT2D eigenvalue weighted by Crippen LogP contribution is 2.23. The number of pyridine rings is 1. The number of anilines is 1. The van der Waals surface area contributed by atoms with Crippen molar-refractivity contribution in [1.82, 2.24) is 24.9 Å². The SMILES string of the molecule is C[C@H]1[C@H](NC(=O)/C(=N\OC(C)(C)C(=O)NCc2cc(=O)c(O)c[nH]2)c2csc(N)n2)C(=O)N1S(=O)(=O)O. The Morgan fingerprint density at radius 1 is 1.38 bits per heavy atom. The molecule has 37 heavy (non-hydrogen) atoms. The molecule has 2 aromatic rings. The van der Waals surface area contributed by atoms with Crippen molar-refractivity contribution in [2.45, 2.75) is 45.0 Å². The molecule has 0 aliphatic carbocycles. The topological polar surface area (TPSA) is 246 Å². The standard InChI is InChI=1S/C19H23N7O9S2/c1-8-13(16(30)26(8)37(32,33)34)24-15(29)14(10-7-36-18(20)23-10)25-35-19(2,3)17(31)22-5-9-4-11(27)12(28)6-21-9/h4,6-8,13,28H,5H2,1-3H3,(H2,20,23)(H,21,27)(H,22,31)(H,24,29)(H,32,33,34)/b25-14-/t8-,13-/m0/s1. The number of amides is 3. The van der Waals surface area contributed by atoms with Crippen LogP contribution < -0.4 is 21.8 Å². The molecule has 18 heteroatoms. The summed E-state index contributed by atoms with van der Waals surface area (Å²) in [5, 5.41) is 19.3. The number of aromatic amines is 1. The zero-order valence-electron chi connectivity index (χ0n) is 19.6. The zero-order valence-corrected chi connectivity index (χ0v) is 21.2. The Morgan fingerprint density at radius 3 is 2.59 bits per heavy atom. The minimum absolute atomic E-state index is 0.0380. The first-order valence-corrected chi connectivity index (χ1v) is 12.7. The van der Waals surface area contributed by atoms with Crippen LogP contribution in [0.1, 0.15) is 32.2 Å². The van der Waals surface area contributed by atoms with Crippen molar-refractivity contribution in [2.24, 2.45) is 5.16 Å². The van der Waals surface area contributed by atoms with E-state index >= 15 is 0 Å². The molecule has 1 fully saturated rings. The van der Waals surface area contributed by atoms with Crippen LogP contribution in [0.3, 0.4) is 0 Å². The van der Waals surface area contributed by atoms with E-state index in [2.05, 4.69) is 25.8 Å². The van der Waals surface area contributed by atoms with Gasteiger partial charge in [-0.05, 0) is 20.8 Å². The minimum atomic E-state index is -4.80. The number of carbonyl (C=O) groups is 3. The van der Waals surface area contributed by atoms with Crippen molar-refractivity contribution in [1.29, 1.82) is 0 Å². The van der Waals surface area contributed by atoms with Gasteiger partial charge in [0.2, 0.25) is 11.0 Å². The number of H-pyrrole nitrogens is 1. The van der Waals surface area contributed by atoms with Crippen LogP contribution in [0.4, 0.5) is 5.13 Å². The van der Waals surface area contributed by atoms with E-state index in [4.69, 9.17) is 15.1 Å². The summed E-state index contributed by atoms with van der Waals surface area (Å²) in [6.45, 7) is 3.87. The Hall–Kier alpha value is -4.03. The van der Waals surface area contributed by atoms with Gasteiger partial charge in [-0.15, -0.1) is 11.3 Å². The number of oxime groups is 1. The summed E-state index contributed by atoms with van der Waals surface area (Å²) < 4.78 is 31.9. The van der Waals surface area contributed by atoms with Crippen molar-refractivity contribution in [3.8, 4) is 5.75 Å². The number of hydrogen-bond acceptors (Lipinski definition) is 12. The van der Waals surface area contributed by atoms with Crippen LogP contribution in [0.25, 0.3) is 0 Å². The fraction of sp³-hybridized carbons (Fsp3) is 0.368. The maximum Gasteiger partial charge on any atom is 0.362 e. The van der Waals surface area contributed by atoms with Gasteiger partial charge >= 0.3 is 10.3 Å². The van der Waals surface area contributed by atoms with Gasteiger partial charge in [0, 0.05) is 23.3 Å². The second-order valence-corrected chi connectivity index (χ2v) is 10.5. The highest BCUT2D eigenvalue weighted by molar-refractivity contribution is 7.84. The number of rotatable bonds is 9. The number of thiazole rings is 1. The molecule has 3 amide bonds. The second kappa shape index (κ2) is 10.1. The van der Waals surface area contributed by atoms with Crippen LogP contribution in [0.15, 0.2) is 27.6 Å². The number of nitrogens with two attached hydrogens (primary N) is 1. The third kappa shape index (κ3) is 6.04. The van der Waals surface area contributed by atoms with Crippen LogP contribution in [-0.4, -0.2) is 73.5 Å². The Bertz CT molecular complexity index is 1430. The molecule has 16 nitrogen and oxygen atoms in total. The third-order valence-electron chi connectivity index (χ3n) is 5.15. The fourth-order valence-electron chi connectivity index (χ4n) is 3.11. The number of aromatic nitrogens is 2. The average molecular weight is 558 g/mol. The molecular formula is C19H23N7O9S2.